The van der Waals surface area contributed by atoms with Crippen LogP contribution in [0, 0.1) is 10.1 Å². The Hall–Kier alpha value is -1.40. The summed E-state index contributed by atoms with van der Waals surface area (Å²) in [6, 6.07) is 3.04. The maximum absolute atomic E-state index is 11.1. The maximum Gasteiger partial charge on any atom is 0.311 e. The van der Waals surface area contributed by atoms with E-state index in [1.165, 1.54) is 12.1 Å². The molecule has 1 fully saturated rings. The van der Waals surface area contributed by atoms with Crippen molar-refractivity contribution < 1.29 is 4.92 Å². The summed E-state index contributed by atoms with van der Waals surface area (Å²) in [7, 11) is 2.06. The summed E-state index contributed by atoms with van der Waals surface area (Å²) in [6.07, 6.45) is 0.951. The molecule has 19 heavy (non-hydrogen) atoms. The zero-order valence-corrected chi connectivity index (χ0v) is 11.8. The number of halogens is 1. The van der Waals surface area contributed by atoms with Crippen molar-refractivity contribution in [3.8, 4) is 0 Å². The Balaban J connectivity index is 2.38. The van der Waals surface area contributed by atoms with Gasteiger partial charge in [0, 0.05) is 25.2 Å². The summed E-state index contributed by atoms with van der Waals surface area (Å²) in [5.41, 5.74) is 0.0146. The number of aromatic nitrogens is 1. The predicted molar refractivity (Wildman–Crippen MR) is 74.8 cm³/mol. The van der Waals surface area contributed by atoms with Crippen LogP contribution in [0.25, 0.3) is 0 Å². The van der Waals surface area contributed by atoms with Gasteiger partial charge in [-0.25, -0.2) is 4.98 Å². The molecule has 1 aromatic rings. The van der Waals surface area contributed by atoms with Crippen molar-refractivity contribution in [1.82, 2.24) is 9.88 Å². The lowest BCUT2D eigenvalue weighted by Crippen LogP contribution is -2.38. The lowest BCUT2D eigenvalue weighted by molar-refractivity contribution is -0.384. The van der Waals surface area contributed by atoms with Gasteiger partial charge >= 0.3 is 5.69 Å². The molecule has 2 rings (SSSR count). The van der Waals surface area contributed by atoms with Crippen molar-refractivity contribution in [2.75, 3.05) is 31.6 Å². The van der Waals surface area contributed by atoms with E-state index in [4.69, 9.17) is 11.6 Å². The molecule has 2 heterocycles. The number of nitrogens with zero attached hydrogens (tertiary/aromatic N) is 4. The molecule has 0 spiro atoms. The van der Waals surface area contributed by atoms with Crippen LogP contribution in [0.15, 0.2) is 12.1 Å². The molecule has 0 aliphatic carbocycles. The summed E-state index contributed by atoms with van der Waals surface area (Å²) in [5, 5.41) is 11.4. The van der Waals surface area contributed by atoms with E-state index >= 15 is 0 Å². The first-order valence-corrected chi connectivity index (χ1v) is 6.63. The minimum atomic E-state index is -0.403. The van der Waals surface area contributed by atoms with Crippen LogP contribution in [0.1, 0.15) is 13.3 Å². The third-order valence-corrected chi connectivity index (χ3v) is 3.55. The highest BCUT2D eigenvalue weighted by Gasteiger charge is 2.27. The minimum absolute atomic E-state index is 0.0146. The van der Waals surface area contributed by atoms with Gasteiger partial charge in [-0.3, -0.25) is 10.1 Å². The third-order valence-electron chi connectivity index (χ3n) is 3.34. The first-order valence-electron chi connectivity index (χ1n) is 6.25. The fraction of sp³-hybridized carbons (Fsp3) is 0.583. The first-order chi connectivity index (χ1) is 8.99. The Kier molecular flexibility index (Phi) is 4.21. The van der Waals surface area contributed by atoms with Crippen molar-refractivity contribution in [3.63, 3.8) is 0 Å². The second kappa shape index (κ2) is 5.71. The van der Waals surface area contributed by atoms with Gasteiger partial charge in [0.1, 0.15) is 5.15 Å². The van der Waals surface area contributed by atoms with Crippen LogP contribution < -0.4 is 4.90 Å². The maximum atomic E-state index is 11.1. The molecule has 0 amide bonds. The summed E-state index contributed by atoms with van der Waals surface area (Å²) < 4.78 is 0. The molecule has 0 radical (unpaired) electrons. The first kappa shape index (κ1) is 14.0. The summed E-state index contributed by atoms with van der Waals surface area (Å²) in [4.78, 5) is 19.1. The standard InChI is InChI=1S/C12H17ClN4O2/c1-9-8-15(2)6-3-7-16(9)12-10(17(18)19)4-5-11(13)14-12/h4-5,9H,3,6-8H2,1-2H3. The fourth-order valence-electron chi connectivity index (χ4n) is 2.46. The summed E-state index contributed by atoms with van der Waals surface area (Å²) >= 11 is 5.89. The van der Waals surface area contributed by atoms with E-state index in [0.717, 1.165) is 26.1 Å². The minimum Gasteiger partial charge on any atom is -0.347 e. The molecular weight excluding hydrogens is 268 g/mol. The van der Waals surface area contributed by atoms with E-state index in [1.54, 1.807) is 0 Å². The molecule has 0 N–H and O–H groups in total. The van der Waals surface area contributed by atoms with Crippen LogP contribution >= 0.6 is 11.6 Å². The Labute approximate surface area is 117 Å². The normalized spacial score (nSPS) is 21.2. The molecule has 1 aromatic heterocycles. The third kappa shape index (κ3) is 3.13. The summed E-state index contributed by atoms with van der Waals surface area (Å²) in [5.74, 6) is 0.375. The fourth-order valence-corrected chi connectivity index (χ4v) is 2.60. The van der Waals surface area contributed by atoms with Crippen molar-refractivity contribution in [1.29, 1.82) is 0 Å². The Bertz CT molecular complexity index is 483. The van der Waals surface area contributed by atoms with Crippen LogP contribution in [-0.2, 0) is 0 Å². The number of pyridine rings is 1. The molecule has 0 bridgehead atoms. The van der Waals surface area contributed by atoms with Crippen molar-refractivity contribution in [2.24, 2.45) is 0 Å². The smallest absolute Gasteiger partial charge is 0.311 e. The molecule has 0 aromatic carbocycles. The lowest BCUT2D eigenvalue weighted by Gasteiger charge is -2.28. The lowest BCUT2D eigenvalue weighted by atomic mass is 10.2. The van der Waals surface area contributed by atoms with Crippen LogP contribution in [0.5, 0.6) is 0 Å². The van der Waals surface area contributed by atoms with Crippen molar-refractivity contribution >= 4 is 23.1 Å². The molecule has 0 saturated carbocycles. The summed E-state index contributed by atoms with van der Waals surface area (Å²) in [6.45, 7) is 4.63. The number of hydrogen-bond acceptors (Lipinski definition) is 5. The van der Waals surface area contributed by atoms with Crippen LogP contribution in [0.4, 0.5) is 11.5 Å². The van der Waals surface area contributed by atoms with Gasteiger partial charge < -0.3 is 9.80 Å². The number of rotatable bonds is 2. The molecule has 1 aliphatic rings. The van der Waals surface area contributed by atoms with Gasteiger partial charge in [-0.05, 0) is 33.0 Å². The number of likely N-dealkylation sites (N-methyl/N-ethyl adjacent to an activating group) is 1. The van der Waals surface area contributed by atoms with Gasteiger partial charge in [0.2, 0.25) is 5.82 Å². The van der Waals surface area contributed by atoms with Crippen LogP contribution in [-0.4, -0.2) is 47.5 Å². The SMILES string of the molecule is CC1CN(C)CCCN1c1nc(Cl)ccc1[N+](=O)[O-]. The number of anilines is 1. The van der Waals surface area contributed by atoms with Gasteiger partial charge in [0.25, 0.3) is 0 Å². The van der Waals surface area contributed by atoms with Gasteiger partial charge in [0.05, 0.1) is 4.92 Å². The zero-order chi connectivity index (χ0) is 14.0. The second-order valence-electron chi connectivity index (χ2n) is 4.89. The Morgan fingerprint density at radius 1 is 1.47 bits per heavy atom. The highest BCUT2D eigenvalue weighted by Crippen LogP contribution is 2.30. The van der Waals surface area contributed by atoms with E-state index < -0.39 is 4.92 Å². The van der Waals surface area contributed by atoms with E-state index in [0.29, 0.717) is 5.82 Å². The number of hydrogen-bond donors (Lipinski definition) is 0. The van der Waals surface area contributed by atoms with Crippen LogP contribution in [0.3, 0.4) is 0 Å². The molecular formula is C12H17ClN4O2. The molecule has 1 unspecified atom stereocenters. The molecule has 1 aliphatic heterocycles. The highest BCUT2D eigenvalue weighted by molar-refractivity contribution is 6.29. The van der Waals surface area contributed by atoms with E-state index in [9.17, 15) is 10.1 Å². The monoisotopic (exact) mass is 284 g/mol. The van der Waals surface area contributed by atoms with E-state index in [2.05, 4.69) is 16.9 Å². The van der Waals surface area contributed by atoms with E-state index in [1.807, 2.05) is 11.8 Å². The predicted octanol–water partition coefficient (Wildman–Crippen LogP) is 2.17. The average Bonchev–Trinajstić information content (AvgIpc) is 2.49. The van der Waals surface area contributed by atoms with Gasteiger partial charge in [-0.2, -0.15) is 0 Å². The van der Waals surface area contributed by atoms with Crippen molar-refractivity contribution in [3.05, 3.63) is 27.4 Å². The van der Waals surface area contributed by atoms with Gasteiger partial charge in [0.15, 0.2) is 0 Å². The zero-order valence-electron chi connectivity index (χ0n) is 11.0. The largest absolute Gasteiger partial charge is 0.347 e. The molecule has 1 saturated heterocycles. The van der Waals surface area contributed by atoms with Gasteiger partial charge in [-0.15, -0.1) is 0 Å². The molecule has 104 valence electrons. The quantitative estimate of drug-likeness (QED) is 0.473. The molecule has 6 nitrogen and oxygen atoms in total. The average molecular weight is 285 g/mol. The van der Waals surface area contributed by atoms with Crippen LogP contribution in [0.2, 0.25) is 5.15 Å². The van der Waals surface area contributed by atoms with Gasteiger partial charge in [-0.1, -0.05) is 11.6 Å². The molecule has 1 atom stereocenters. The number of nitro groups is 1. The Morgan fingerprint density at radius 3 is 2.89 bits per heavy atom. The van der Waals surface area contributed by atoms with E-state index in [-0.39, 0.29) is 16.9 Å². The highest BCUT2D eigenvalue weighted by atomic mass is 35.5. The second-order valence-corrected chi connectivity index (χ2v) is 5.28. The topological polar surface area (TPSA) is 62.5 Å². The van der Waals surface area contributed by atoms with Crippen molar-refractivity contribution in [2.45, 2.75) is 19.4 Å². The molecule has 7 heteroatoms. The Morgan fingerprint density at radius 2 is 2.21 bits per heavy atom.